The highest BCUT2D eigenvalue weighted by molar-refractivity contribution is 5.74. The summed E-state index contributed by atoms with van der Waals surface area (Å²) in [6, 6.07) is 12.0. The third-order valence-corrected chi connectivity index (χ3v) is 4.97. The molecule has 1 N–H and O–H groups in total. The summed E-state index contributed by atoms with van der Waals surface area (Å²) >= 11 is 0. The third-order valence-electron chi connectivity index (χ3n) is 4.97. The molecule has 1 aliphatic rings. The maximum Gasteiger partial charge on any atom is 0.317 e. The molecule has 0 spiro atoms. The van der Waals surface area contributed by atoms with Crippen molar-refractivity contribution in [3.8, 4) is 5.69 Å². The van der Waals surface area contributed by atoms with Crippen molar-refractivity contribution in [2.24, 2.45) is 0 Å². The number of amides is 2. The molecule has 10 heteroatoms. The van der Waals surface area contributed by atoms with Crippen molar-refractivity contribution in [2.45, 2.75) is 13.1 Å². The van der Waals surface area contributed by atoms with Gasteiger partial charge in [0.1, 0.15) is 11.6 Å². The summed E-state index contributed by atoms with van der Waals surface area (Å²) < 4.78 is 28.0. The van der Waals surface area contributed by atoms with E-state index in [1.807, 2.05) is 0 Å². The molecule has 2 aromatic carbocycles. The zero-order valence-corrected chi connectivity index (χ0v) is 16.2. The van der Waals surface area contributed by atoms with Gasteiger partial charge in [-0.1, -0.05) is 18.2 Å². The second kappa shape index (κ2) is 8.95. The largest absolute Gasteiger partial charge is 0.334 e. The Kier molecular flexibility index (Phi) is 5.94. The molecule has 2 amide bonds. The fourth-order valence-corrected chi connectivity index (χ4v) is 3.31. The Balaban J connectivity index is 1.28. The summed E-state index contributed by atoms with van der Waals surface area (Å²) in [5.41, 5.74) is 1.40. The minimum Gasteiger partial charge on any atom is -0.334 e. The van der Waals surface area contributed by atoms with Crippen molar-refractivity contribution in [2.75, 3.05) is 26.2 Å². The molecule has 0 atom stereocenters. The predicted octanol–water partition coefficient (Wildman–Crippen LogP) is 1.97. The van der Waals surface area contributed by atoms with Crippen LogP contribution in [0.1, 0.15) is 11.4 Å². The average molecular weight is 413 g/mol. The molecule has 30 heavy (non-hydrogen) atoms. The number of carbonyl (C=O) groups is 1. The second-order valence-electron chi connectivity index (χ2n) is 7.04. The lowest BCUT2D eigenvalue weighted by Gasteiger charge is -2.34. The van der Waals surface area contributed by atoms with Gasteiger partial charge in [-0.25, -0.2) is 13.6 Å². The summed E-state index contributed by atoms with van der Waals surface area (Å²) in [5.74, 6) is -0.0475. The number of rotatable bonds is 5. The lowest BCUT2D eigenvalue weighted by Crippen LogP contribution is -2.51. The first-order chi connectivity index (χ1) is 14.6. The Morgan fingerprint density at radius 1 is 1.00 bits per heavy atom. The van der Waals surface area contributed by atoms with E-state index in [1.54, 1.807) is 29.2 Å². The van der Waals surface area contributed by atoms with Gasteiger partial charge < -0.3 is 10.2 Å². The molecule has 1 aliphatic heterocycles. The number of carbonyl (C=O) groups excluding carboxylic acids is 1. The van der Waals surface area contributed by atoms with Crippen LogP contribution < -0.4 is 5.32 Å². The molecule has 1 fully saturated rings. The number of nitrogens with zero attached hydrogens (tertiary/aromatic N) is 6. The molecule has 0 bridgehead atoms. The van der Waals surface area contributed by atoms with Gasteiger partial charge in [-0.2, -0.15) is 4.68 Å². The van der Waals surface area contributed by atoms with Crippen LogP contribution in [0.5, 0.6) is 0 Å². The summed E-state index contributed by atoms with van der Waals surface area (Å²) in [6.45, 7) is 3.31. The molecule has 0 saturated carbocycles. The number of nitrogens with one attached hydrogen (secondary N) is 1. The van der Waals surface area contributed by atoms with Gasteiger partial charge in [0.15, 0.2) is 5.82 Å². The minimum atomic E-state index is -0.353. The van der Waals surface area contributed by atoms with Crippen molar-refractivity contribution < 1.29 is 13.6 Å². The van der Waals surface area contributed by atoms with Crippen LogP contribution in [0, 0.1) is 11.6 Å². The van der Waals surface area contributed by atoms with E-state index in [2.05, 4.69) is 25.7 Å². The van der Waals surface area contributed by atoms with E-state index in [-0.39, 0.29) is 17.7 Å². The van der Waals surface area contributed by atoms with Crippen molar-refractivity contribution in [1.82, 2.24) is 35.3 Å². The zero-order valence-electron chi connectivity index (χ0n) is 16.2. The number of piperazine rings is 1. The van der Waals surface area contributed by atoms with Crippen LogP contribution in [0.25, 0.3) is 5.69 Å². The highest BCUT2D eigenvalue weighted by atomic mass is 19.1. The lowest BCUT2D eigenvalue weighted by molar-refractivity contribution is 0.133. The Morgan fingerprint density at radius 3 is 2.50 bits per heavy atom. The van der Waals surface area contributed by atoms with Gasteiger partial charge in [-0.3, -0.25) is 4.90 Å². The Hall–Kier alpha value is -3.40. The van der Waals surface area contributed by atoms with Crippen LogP contribution in [0.3, 0.4) is 0 Å². The quantitative estimate of drug-likeness (QED) is 0.692. The summed E-state index contributed by atoms with van der Waals surface area (Å²) in [6.07, 6.45) is 0. The number of halogens is 2. The highest BCUT2D eigenvalue weighted by Crippen LogP contribution is 2.13. The normalized spacial score (nSPS) is 14.7. The molecule has 1 saturated heterocycles. The van der Waals surface area contributed by atoms with Crippen LogP contribution in [0.4, 0.5) is 13.6 Å². The van der Waals surface area contributed by atoms with E-state index >= 15 is 0 Å². The molecule has 3 aromatic rings. The lowest BCUT2D eigenvalue weighted by atomic mass is 10.2. The van der Waals surface area contributed by atoms with E-state index in [9.17, 15) is 13.6 Å². The number of urea groups is 1. The van der Waals surface area contributed by atoms with Gasteiger partial charge in [0.25, 0.3) is 0 Å². The smallest absolute Gasteiger partial charge is 0.317 e. The Bertz CT molecular complexity index is 1000. The highest BCUT2D eigenvalue weighted by Gasteiger charge is 2.22. The summed E-state index contributed by atoms with van der Waals surface area (Å²) in [4.78, 5) is 16.3. The molecule has 156 valence electrons. The second-order valence-corrected chi connectivity index (χ2v) is 7.04. The van der Waals surface area contributed by atoms with Crippen molar-refractivity contribution >= 4 is 6.03 Å². The van der Waals surface area contributed by atoms with Gasteiger partial charge in [0.2, 0.25) is 0 Å². The number of benzene rings is 2. The zero-order chi connectivity index (χ0) is 20.9. The van der Waals surface area contributed by atoms with Gasteiger partial charge in [-0.05, 0) is 46.3 Å². The first-order valence-electron chi connectivity index (χ1n) is 9.61. The van der Waals surface area contributed by atoms with E-state index in [4.69, 9.17) is 0 Å². The van der Waals surface area contributed by atoms with Crippen molar-refractivity contribution in [3.63, 3.8) is 0 Å². The predicted molar refractivity (Wildman–Crippen MR) is 105 cm³/mol. The first kappa shape index (κ1) is 19.9. The van der Waals surface area contributed by atoms with Gasteiger partial charge >= 0.3 is 6.03 Å². The standard InChI is InChI=1S/C20H21F2N7O/c21-16-6-4-15(5-7-16)13-23-20(30)28-10-8-27(9-11-28)14-19-24-25-26-29(19)18-3-1-2-17(22)12-18/h1-7,12H,8-11,13-14H2,(H,23,30). The monoisotopic (exact) mass is 413 g/mol. The number of tetrazole rings is 1. The average Bonchev–Trinajstić information content (AvgIpc) is 3.22. The molecule has 2 heterocycles. The Labute approximate surface area is 172 Å². The SMILES string of the molecule is O=C(NCc1ccc(F)cc1)N1CCN(Cc2nnnn2-c2cccc(F)c2)CC1. The molecule has 4 rings (SSSR count). The van der Waals surface area contributed by atoms with Crippen molar-refractivity contribution in [3.05, 3.63) is 71.6 Å². The third kappa shape index (κ3) is 4.77. The van der Waals surface area contributed by atoms with E-state index < -0.39 is 0 Å². The molecule has 0 unspecified atom stereocenters. The molecule has 1 aromatic heterocycles. The van der Waals surface area contributed by atoms with Crippen LogP contribution >= 0.6 is 0 Å². The Morgan fingerprint density at radius 2 is 1.77 bits per heavy atom. The number of hydrogen-bond donors (Lipinski definition) is 1. The van der Waals surface area contributed by atoms with Gasteiger partial charge in [-0.15, -0.1) is 5.10 Å². The summed E-state index contributed by atoms with van der Waals surface area (Å²) in [7, 11) is 0. The first-order valence-corrected chi connectivity index (χ1v) is 9.61. The molecule has 0 radical (unpaired) electrons. The maximum atomic E-state index is 13.5. The van der Waals surface area contributed by atoms with E-state index in [0.717, 1.165) is 5.56 Å². The molecular formula is C20H21F2N7O. The van der Waals surface area contributed by atoms with Gasteiger partial charge in [0, 0.05) is 32.7 Å². The maximum absolute atomic E-state index is 13.5. The van der Waals surface area contributed by atoms with Gasteiger partial charge in [0.05, 0.1) is 12.2 Å². The van der Waals surface area contributed by atoms with Crippen LogP contribution in [-0.4, -0.2) is 62.2 Å². The summed E-state index contributed by atoms with van der Waals surface area (Å²) in [5, 5.41) is 14.6. The minimum absolute atomic E-state index is 0.149. The van der Waals surface area contributed by atoms with Crippen LogP contribution in [0.2, 0.25) is 0 Å². The fourth-order valence-electron chi connectivity index (χ4n) is 3.31. The molecule has 8 nitrogen and oxygen atoms in total. The molecular weight excluding hydrogens is 392 g/mol. The topological polar surface area (TPSA) is 79.2 Å². The van der Waals surface area contributed by atoms with E-state index in [1.165, 1.54) is 28.9 Å². The van der Waals surface area contributed by atoms with Crippen molar-refractivity contribution in [1.29, 1.82) is 0 Å². The van der Waals surface area contributed by atoms with E-state index in [0.29, 0.717) is 50.8 Å². The van der Waals surface area contributed by atoms with Crippen LogP contribution in [-0.2, 0) is 13.1 Å². The van der Waals surface area contributed by atoms with Crippen LogP contribution in [0.15, 0.2) is 48.5 Å². The molecule has 0 aliphatic carbocycles. The fraction of sp³-hybridized carbons (Fsp3) is 0.300. The number of hydrogen-bond acceptors (Lipinski definition) is 5. The number of aromatic nitrogens is 4.